The Morgan fingerprint density at radius 1 is 1.36 bits per heavy atom. The molecule has 1 aromatic heterocycles. The van der Waals surface area contributed by atoms with Gasteiger partial charge in [-0.05, 0) is 39.7 Å². The van der Waals surface area contributed by atoms with Gasteiger partial charge in [0.25, 0.3) is 0 Å². The van der Waals surface area contributed by atoms with Crippen LogP contribution in [-0.2, 0) is 17.7 Å². The smallest absolute Gasteiger partial charge is 0.410 e. The summed E-state index contributed by atoms with van der Waals surface area (Å²) >= 11 is 0. The van der Waals surface area contributed by atoms with Crippen molar-refractivity contribution in [1.82, 2.24) is 15.2 Å². The lowest BCUT2D eigenvalue weighted by Crippen LogP contribution is -2.66. The Hall–Kier alpha value is -1.82. The lowest BCUT2D eigenvalue weighted by molar-refractivity contribution is -0.116. The van der Waals surface area contributed by atoms with Crippen molar-refractivity contribution in [3.63, 3.8) is 0 Å². The van der Waals surface area contributed by atoms with Gasteiger partial charge < -0.3 is 19.7 Å². The number of fused-ring (bicyclic) bond motifs is 1. The van der Waals surface area contributed by atoms with Crippen LogP contribution in [0.1, 0.15) is 44.9 Å². The van der Waals surface area contributed by atoms with Crippen molar-refractivity contribution < 1.29 is 14.3 Å². The number of carbonyl (C=O) groups excluding carboxylic acids is 1. The highest BCUT2D eigenvalue weighted by Crippen LogP contribution is 2.50. The van der Waals surface area contributed by atoms with E-state index in [9.17, 15) is 4.79 Å². The number of rotatable bonds is 2. The van der Waals surface area contributed by atoms with Crippen LogP contribution in [-0.4, -0.2) is 47.3 Å². The van der Waals surface area contributed by atoms with E-state index in [1.165, 1.54) is 5.56 Å². The Balaban J connectivity index is 1.29. The molecule has 4 rings (SSSR count). The standard InChI is InChI=1S/C19H27N3O3/c1-18(2,3)25-17(23)22-11-19(12-22)8-13(9-19)24-16-5-7-21-15-4-6-20-10-14(15)16/h5,7,13,20H,4,6,8-12H2,1-3H3. The van der Waals surface area contributed by atoms with Crippen LogP contribution in [0.5, 0.6) is 5.75 Å². The molecule has 1 N–H and O–H groups in total. The molecule has 1 amide bonds. The Morgan fingerprint density at radius 3 is 2.84 bits per heavy atom. The average molecular weight is 345 g/mol. The van der Waals surface area contributed by atoms with Crippen molar-refractivity contribution in [2.24, 2.45) is 5.41 Å². The van der Waals surface area contributed by atoms with E-state index in [-0.39, 0.29) is 17.6 Å². The third-order valence-electron chi connectivity index (χ3n) is 5.26. The normalized spacial score (nSPS) is 22.0. The van der Waals surface area contributed by atoms with Crippen LogP contribution in [0.3, 0.4) is 0 Å². The largest absolute Gasteiger partial charge is 0.490 e. The molecule has 2 fully saturated rings. The zero-order chi connectivity index (χ0) is 17.7. The first-order valence-corrected chi connectivity index (χ1v) is 9.16. The van der Waals surface area contributed by atoms with E-state index in [1.54, 1.807) is 4.90 Å². The van der Waals surface area contributed by atoms with Crippen molar-refractivity contribution >= 4 is 6.09 Å². The second kappa shape index (κ2) is 5.87. The molecule has 2 aliphatic heterocycles. The fourth-order valence-electron chi connectivity index (χ4n) is 4.10. The molecule has 6 heteroatoms. The number of ether oxygens (including phenoxy) is 2. The van der Waals surface area contributed by atoms with E-state index in [0.29, 0.717) is 0 Å². The number of amides is 1. The molecule has 25 heavy (non-hydrogen) atoms. The highest BCUT2D eigenvalue weighted by Gasteiger charge is 2.55. The van der Waals surface area contributed by atoms with Crippen LogP contribution in [0, 0.1) is 5.41 Å². The summed E-state index contributed by atoms with van der Waals surface area (Å²) in [5.41, 5.74) is 2.18. The van der Waals surface area contributed by atoms with E-state index in [4.69, 9.17) is 9.47 Å². The molecular weight excluding hydrogens is 318 g/mol. The zero-order valence-corrected chi connectivity index (χ0v) is 15.3. The van der Waals surface area contributed by atoms with Gasteiger partial charge >= 0.3 is 6.09 Å². The third kappa shape index (κ3) is 3.32. The monoisotopic (exact) mass is 345 g/mol. The minimum Gasteiger partial charge on any atom is -0.490 e. The lowest BCUT2D eigenvalue weighted by Gasteiger charge is -2.58. The molecule has 136 valence electrons. The summed E-state index contributed by atoms with van der Waals surface area (Å²) in [6.07, 6.45) is 4.88. The van der Waals surface area contributed by atoms with Gasteiger partial charge in [-0.15, -0.1) is 0 Å². The maximum atomic E-state index is 12.1. The van der Waals surface area contributed by atoms with Gasteiger partial charge in [0.1, 0.15) is 17.5 Å². The topological polar surface area (TPSA) is 63.7 Å². The van der Waals surface area contributed by atoms with Crippen molar-refractivity contribution in [3.05, 3.63) is 23.5 Å². The van der Waals surface area contributed by atoms with Gasteiger partial charge in [0.15, 0.2) is 0 Å². The minimum atomic E-state index is -0.431. The quantitative estimate of drug-likeness (QED) is 0.892. The summed E-state index contributed by atoms with van der Waals surface area (Å²) in [5.74, 6) is 0.973. The highest BCUT2D eigenvalue weighted by molar-refractivity contribution is 5.69. The number of aromatic nitrogens is 1. The first-order valence-electron chi connectivity index (χ1n) is 9.16. The molecular formula is C19H27N3O3. The van der Waals surface area contributed by atoms with E-state index >= 15 is 0 Å². The van der Waals surface area contributed by atoms with Crippen LogP contribution in [0.25, 0.3) is 0 Å². The van der Waals surface area contributed by atoms with Gasteiger partial charge in [0.05, 0.1) is 0 Å². The Bertz CT molecular complexity index is 669. The van der Waals surface area contributed by atoms with Crippen molar-refractivity contribution in [3.8, 4) is 5.75 Å². The summed E-state index contributed by atoms with van der Waals surface area (Å²) in [5, 5.41) is 3.39. The maximum absolute atomic E-state index is 12.1. The molecule has 1 aliphatic carbocycles. The molecule has 3 aliphatic rings. The van der Waals surface area contributed by atoms with Crippen LogP contribution >= 0.6 is 0 Å². The van der Waals surface area contributed by atoms with Crippen LogP contribution in [0.4, 0.5) is 4.79 Å². The van der Waals surface area contributed by atoms with Gasteiger partial charge in [-0.3, -0.25) is 4.98 Å². The van der Waals surface area contributed by atoms with Gasteiger partial charge in [0, 0.05) is 55.5 Å². The Morgan fingerprint density at radius 2 is 2.12 bits per heavy atom. The number of carbonyl (C=O) groups is 1. The molecule has 0 bridgehead atoms. The van der Waals surface area contributed by atoms with Crippen LogP contribution in [0.15, 0.2) is 12.3 Å². The molecule has 0 radical (unpaired) electrons. The number of nitrogens with zero attached hydrogens (tertiary/aromatic N) is 2. The van der Waals surface area contributed by atoms with E-state index < -0.39 is 5.60 Å². The van der Waals surface area contributed by atoms with E-state index in [1.807, 2.05) is 33.0 Å². The summed E-state index contributed by atoms with van der Waals surface area (Å²) < 4.78 is 11.7. The Labute approximate surface area is 148 Å². The molecule has 0 atom stereocenters. The average Bonchev–Trinajstić information content (AvgIpc) is 2.46. The van der Waals surface area contributed by atoms with Crippen molar-refractivity contribution in [2.75, 3.05) is 19.6 Å². The fraction of sp³-hybridized carbons (Fsp3) is 0.684. The van der Waals surface area contributed by atoms with E-state index in [2.05, 4.69) is 10.3 Å². The maximum Gasteiger partial charge on any atom is 0.410 e. The van der Waals surface area contributed by atoms with Crippen LogP contribution < -0.4 is 10.1 Å². The summed E-state index contributed by atoms with van der Waals surface area (Å²) in [6.45, 7) is 9.10. The third-order valence-corrected chi connectivity index (χ3v) is 5.26. The predicted octanol–water partition coefficient (Wildman–Crippen LogP) is 2.51. The predicted molar refractivity (Wildman–Crippen MR) is 93.5 cm³/mol. The van der Waals surface area contributed by atoms with Gasteiger partial charge in [0.2, 0.25) is 0 Å². The highest BCUT2D eigenvalue weighted by atomic mass is 16.6. The first-order chi connectivity index (χ1) is 11.8. The number of pyridine rings is 1. The second-order valence-corrected chi connectivity index (χ2v) is 8.65. The molecule has 1 aromatic rings. The number of likely N-dealkylation sites (tertiary alicyclic amines) is 1. The van der Waals surface area contributed by atoms with E-state index in [0.717, 1.165) is 56.9 Å². The van der Waals surface area contributed by atoms with Gasteiger partial charge in [-0.1, -0.05) is 0 Å². The van der Waals surface area contributed by atoms with Gasteiger partial charge in [-0.25, -0.2) is 4.79 Å². The minimum absolute atomic E-state index is 0.197. The molecule has 0 aromatic carbocycles. The molecule has 1 spiro atoms. The molecule has 0 unspecified atom stereocenters. The number of hydrogen-bond donors (Lipinski definition) is 1. The SMILES string of the molecule is CC(C)(C)OC(=O)N1CC2(CC(Oc3ccnc4c3CNCC4)C2)C1. The van der Waals surface area contributed by atoms with Crippen molar-refractivity contribution in [2.45, 2.75) is 58.3 Å². The van der Waals surface area contributed by atoms with Crippen LogP contribution in [0.2, 0.25) is 0 Å². The molecule has 1 saturated heterocycles. The number of hydrogen-bond acceptors (Lipinski definition) is 5. The first kappa shape index (κ1) is 16.6. The second-order valence-electron chi connectivity index (χ2n) is 8.65. The summed E-state index contributed by atoms with van der Waals surface area (Å²) in [4.78, 5) is 18.3. The molecule has 6 nitrogen and oxygen atoms in total. The lowest BCUT2D eigenvalue weighted by atomic mass is 9.62. The fourth-order valence-corrected chi connectivity index (χ4v) is 4.10. The molecule has 3 heterocycles. The summed E-state index contributed by atoms with van der Waals surface area (Å²) in [6, 6.07) is 1.98. The van der Waals surface area contributed by atoms with Crippen molar-refractivity contribution in [1.29, 1.82) is 0 Å². The number of nitrogens with one attached hydrogen (secondary N) is 1. The van der Waals surface area contributed by atoms with Gasteiger partial charge in [-0.2, -0.15) is 0 Å². The molecule has 1 saturated carbocycles. The summed E-state index contributed by atoms with van der Waals surface area (Å²) in [7, 11) is 0. The Kier molecular flexibility index (Phi) is 3.90. The zero-order valence-electron chi connectivity index (χ0n) is 15.3.